The van der Waals surface area contributed by atoms with Gasteiger partial charge in [-0.15, -0.1) is 0 Å². The van der Waals surface area contributed by atoms with Crippen molar-refractivity contribution in [1.29, 1.82) is 0 Å². The van der Waals surface area contributed by atoms with E-state index >= 15 is 0 Å². The average Bonchev–Trinajstić information content (AvgIpc) is 3.14. The second-order valence-electron chi connectivity index (χ2n) is 11.8. The van der Waals surface area contributed by atoms with Crippen LogP contribution in [0.15, 0.2) is 46.0 Å². The van der Waals surface area contributed by atoms with E-state index in [1.807, 2.05) is 20.8 Å². The van der Waals surface area contributed by atoms with Crippen LogP contribution in [0.2, 0.25) is 0 Å². The molecule has 0 aromatic rings. The molecular formula is C29H42O6. The molecule has 9 atom stereocenters. The first-order chi connectivity index (χ1) is 16.3. The molecule has 0 unspecified atom stereocenters. The summed E-state index contributed by atoms with van der Waals surface area (Å²) in [5.41, 5.74) is 2.44. The number of ether oxygens (including phenoxy) is 2. The van der Waals surface area contributed by atoms with Gasteiger partial charge in [-0.05, 0) is 57.4 Å². The Morgan fingerprint density at radius 1 is 1.06 bits per heavy atom. The van der Waals surface area contributed by atoms with E-state index in [9.17, 15) is 20.1 Å². The lowest BCUT2D eigenvalue weighted by atomic mass is 9.82. The van der Waals surface area contributed by atoms with Crippen molar-refractivity contribution in [1.82, 2.24) is 0 Å². The van der Waals surface area contributed by atoms with Gasteiger partial charge < -0.3 is 24.8 Å². The minimum Gasteiger partial charge on any atom is -0.504 e. The Kier molecular flexibility index (Phi) is 7.13. The second-order valence-corrected chi connectivity index (χ2v) is 11.8. The van der Waals surface area contributed by atoms with Crippen molar-refractivity contribution in [2.24, 2.45) is 29.6 Å². The molecule has 1 aliphatic carbocycles. The molecule has 0 amide bonds. The lowest BCUT2D eigenvalue weighted by Crippen LogP contribution is -2.50. The molecule has 194 valence electrons. The van der Waals surface area contributed by atoms with Crippen molar-refractivity contribution in [2.75, 3.05) is 0 Å². The summed E-state index contributed by atoms with van der Waals surface area (Å²) >= 11 is 0. The molecule has 4 bridgehead atoms. The Balaban J connectivity index is 1.83. The number of carbonyl (C=O) groups excluding carboxylic acids is 1. The smallest absolute Gasteiger partial charge is 0.231 e. The summed E-state index contributed by atoms with van der Waals surface area (Å²) in [6.45, 7) is 14.0. The number of fused-ring (bicyclic) bond motifs is 4. The number of Topliss-reactive ketones (excluding diaryl/α,β-unsaturated/α-hetero) is 1. The van der Waals surface area contributed by atoms with Gasteiger partial charge in [0.2, 0.25) is 11.6 Å². The third-order valence-corrected chi connectivity index (χ3v) is 8.66. The van der Waals surface area contributed by atoms with Crippen LogP contribution in [0.5, 0.6) is 0 Å². The highest BCUT2D eigenvalue weighted by Crippen LogP contribution is 2.49. The van der Waals surface area contributed by atoms with Gasteiger partial charge in [-0.25, -0.2) is 0 Å². The molecule has 0 saturated carbocycles. The molecule has 6 heteroatoms. The molecule has 35 heavy (non-hydrogen) atoms. The molecule has 3 N–H and O–H groups in total. The zero-order valence-corrected chi connectivity index (χ0v) is 22.2. The topological polar surface area (TPSA) is 96.2 Å². The molecule has 0 spiro atoms. The average molecular weight is 491 g/mol. The third-order valence-electron chi connectivity index (χ3n) is 8.66. The van der Waals surface area contributed by atoms with Gasteiger partial charge in [0.15, 0.2) is 5.76 Å². The minimum atomic E-state index is -1.60. The van der Waals surface area contributed by atoms with Crippen LogP contribution in [-0.2, 0) is 14.3 Å². The standard InChI is InChI=1S/C29H42O6/c1-14-8-9-22-18(5)24(30)19(6)28(34-22)23-21-13-29(33,17(4)12-16(3)11-15(2)10-14)35-27(21)20(7)25(31)26(23)32/h10,13-14,16-19,22,24,28,30,32-33H,8-9,11-12H2,1-7H3/b15-10+/t14-,16+,17-,18-,19+,22+,24-,28+,29+/m0/s1/i8+1,23+1,25+1,27+1. The molecule has 0 aromatic carbocycles. The summed E-state index contributed by atoms with van der Waals surface area (Å²) in [4.78, 5) is 13.0. The number of hydrogen-bond donors (Lipinski definition) is 3. The molecule has 4 rings (SSSR count). The molecule has 0 radical (unpaired) electrons. The summed E-state index contributed by atoms with van der Waals surface area (Å²) in [7, 11) is 0. The van der Waals surface area contributed by atoms with Gasteiger partial charge in [-0.2, -0.15) is 0 Å². The van der Waals surface area contributed by atoms with Crippen molar-refractivity contribution in [3.8, 4) is 0 Å². The zero-order valence-electron chi connectivity index (χ0n) is 22.2. The molecular weight excluding hydrogens is 448 g/mol. The number of hydrogen-bond acceptors (Lipinski definition) is 6. The summed E-state index contributed by atoms with van der Waals surface area (Å²) in [5.74, 6) is -2.16. The van der Waals surface area contributed by atoms with E-state index in [1.54, 1.807) is 13.0 Å². The van der Waals surface area contributed by atoms with Crippen LogP contribution in [0.25, 0.3) is 0 Å². The predicted molar refractivity (Wildman–Crippen MR) is 134 cm³/mol. The SMILES string of the molecule is CC1=[13C]2O[C@]3(O)C=C2[13C](=C(O)[13C]1=O)[C@@H]1O[C@H](C[13CH2][C@H](C)/C=C(\C)C[C@@H](C)C[C@@H]3C)[C@H](C)[C@H](O)[C@H]1C. The normalized spacial score (nSPS) is 44.5. The van der Waals surface area contributed by atoms with Gasteiger partial charge in [0.25, 0.3) is 0 Å². The van der Waals surface area contributed by atoms with Crippen molar-refractivity contribution in [3.05, 3.63) is 46.0 Å². The van der Waals surface area contributed by atoms with Crippen LogP contribution in [0.4, 0.5) is 0 Å². The minimum absolute atomic E-state index is 0.0815. The molecule has 3 aliphatic heterocycles. The Bertz CT molecular complexity index is 1000. The fourth-order valence-corrected chi connectivity index (χ4v) is 6.51. The van der Waals surface area contributed by atoms with Crippen LogP contribution >= 0.6 is 0 Å². The van der Waals surface area contributed by atoms with Gasteiger partial charge >= 0.3 is 0 Å². The van der Waals surface area contributed by atoms with E-state index in [0.717, 1.165) is 25.7 Å². The maximum absolute atomic E-state index is 13.0. The number of aliphatic hydroxyl groups is 3. The molecule has 0 aromatic heterocycles. The highest BCUT2D eigenvalue weighted by Gasteiger charge is 2.51. The quantitative estimate of drug-likeness (QED) is 0.322. The van der Waals surface area contributed by atoms with Gasteiger partial charge in [0.05, 0.1) is 18.3 Å². The zero-order chi connectivity index (χ0) is 25.8. The highest BCUT2D eigenvalue weighted by atomic mass is 16.7. The lowest BCUT2D eigenvalue weighted by Gasteiger charge is -2.44. The number of ketones is 1. The summed E-state index contributed by atoms with van der Waals surface area (Å²) in [6, 6.07) is 0. The van der Waals surface area contributed by atoms with Crippen molar-refractivity contribution in [3.63, 3.8) is 0 Å². The first-order valence-electron chi connectivity index (χ1n) is 13.2. The second kappa shape index (κ2) is 9.53. The molecule has 6 nitrogen and oxygen atoms in total. The summed E-state index contributed by atoms with van der Waals surface area (Å²) in [5, 5.41) is 33.8. The van der Waals surface area contributed by atoms with Gasteiger partial charge in [-0.3, -0.25) is 4.79 Å². The van der Waals surface area contributed by atoms with E-state index < -0.39 is 23.8 Å². The lowest BCUT2D eigenvalue weighted by molar-refractivity contribution is -0.164. The number of allylic oxidation sites excluding steroid dienone is 4. The number of rotatable bonds is 0. The molecule has 4 aliphatic rings. The largest absolute Gasteiger partial charge is 0.504 e. The van der Waals surface area contributed by atoms with E-state index in [-0.39, 0.29) is 35.2 Å². The first-order valence-corrected chi connectivity index (χ1v) is 13.2. The van der Waals surface area contributed by atoms with Crippen molar-refractivity contribution < 1.29 is 29.6 Å². The molecule has 1 saturated heterocycles. The van der Waals surface area contributed by atoms with Gasteiger partial charge in [-0.1, -0.05) is 46.3 Å². The fraction of sp³-hybridized carbons (Fsp3) is 0.690. The summed E-state index contributed by atoms with van der Waals surface area (Å²) < 4.78 is 12.7. The van der Waals surface area contributed by atoms with Crippen LogP contribution in [0.3, 0.4) is 0 Å². The third kappa shape index (κ3) is 4.65. The van der Waals surface area contributed by atoms with Crippen molar-refractivity contribution >= 4 is 5.78 Å². The van der Waals surface area contributed by atoms with Gasteiger partial charge in [0, 0.05) is 34.5 Å². The highest BCUT2D eigenvalue weighted by molar-refractivity contribution is 6.10. The fourth-order valence-electron chi connectivity index (χ4n) is 6.51. The van der Waals surface area contributed by atoms with E-state index in [4.69, 9.17) is 9.47 Å². The summed E-state index contributed by atoms with van der Waals surface area (Å²) in [6.07, 6.45) is 5.76. The number of aliphatic hydroxyl groups excluding tert-OH is 2. The Labute approximate surface area is 209 Å². The van der Waals surface area contributed by atoms with E-state index in [0.29, 0.717) is 28.7 Å². The number of carbonyl (C=O) groups is 1. The Morgan fingerprint density at radius 3 is 2.43 bits per heavy atom. The predicted octanol–water partition coefficient (Wildman–Crippen LogP) is 5.13. The van der Waals surface area contributed by atoms with Gasteiger partial charge in [0.1, 0.15) is 5.76 Å². The molecule has 3 heterocycles. The van der Waals surface area contributed by atoms with Crippen LogP contribution < -0.4 is 0 Å². The van der Waals surface area contributed by atoms with Crippen molar-refractivity contribution in [2.45, 2.75) is 98.2 Å². The van der Waals surface area contributed by atoms with Crippen LogP contribution in [0, 0.1) is 29.6 Å². The van der Waals surface area contributed by atoms with E-state index in [2.05, 4.69) is 26.8 Å². The monoisotopic (exact) mass is 490 g/mol. The van der Waals surface area contributed by atoms with Crippen LogP contribution in [-0.4, -0.2) is 45.2 Å². The van der Waals surface area contributed by atoms with E-state index in [1.165, 1.54) is 5.57 Å². The first kappa shape index (κ1) is 26.2. The Hall–Kier alpha value is -1.89. The van der Waals surface area contributed by atoms with Crippen LogP contribution in [0.1, 0.15) is 74.1 Å². The Morgan fingerprint density at radius 2 is 1.74 bits per heavy atom. The molecule has 1 fully saturated rings. The maximum atomic E-state index is 13.0. The maximum Gasteiger partial charge on any atom is 0.231 e.